The van der Waals surface area contributed by atoms with Crippen LogP contribution in [0.2, 0.25) is 0 Å². The molecule has 0 aromatic heterocycles. The third kappa shape index (κ3) is 2.90. The van der Waals surface area contributed by atoms with Crippen molar-refractivity contribution in [2.75, 3.05) is 0 Å². The lowest BCUT2D eigenvalue weighted by molar-refractivity contribution is -0.132. The van der Waals surface area contributed by atoms with Gasteiger partial charge >= 0.3 is 11.9 Å². The highest BCUT2D eigenvalue weighted by atomic mass is 16.5. The number of benzene rings is 1. The second-order valence-corrected chi connectivity index (χ2v) is 4.86. The molecule has 0 amide bonds. The van der Waals surface area contributed by atoms with Gasteiger partial charge in [-0.1, -0.05) is 44.4 Å². The lowest BCUT2D eigenvalue weighted by Crippen LogP contribution is -2.05. The van der Waals surface area contributed by atoms with Crippen molar-refractivity contribution < 1.29 is 19.4 Å². The number of esters is 1. The molecule has 2 rings (SSSR count). The van der Waals surface area contributed by atoms with E-state index in [-0.39, 0.29) is 11.3 Å². The second kappa shape index (κ2) is 6.37. The molecular weight excluding hydrogens is 256 g/mol. The Kier molecular flexibility index (Phi) is 4.56. The van der Waals surface area contributed by atoms with E-state index in [4.69, 9.17) is 4.74 Å². The van der Waals surface area contributed by atoms with Gasteiger partial charge in [0, 0.05) is 5.56 Å². The number of carboxylic acid groups (broad SMARTS) is 1. The first-order valence-corrected chi connectivity index (χ1v) is 6.93. The molecule has 4 nitrogen and oxygen atoms in total. The molecule has 106 valence electrons. The maximum atomic E-state index is 11.7. The molecule has 0 aliphatic carbocycles. The quantitative estimate of drug-likeness (QED) is 0.489. The third-order valence-corrected chi connectivity index (χ3v) is 3.40. The van der Waals surface area contributed by atoms with Crippen LogP contribution in [0.15, 0.2) is 29.8 Å². The SMILES string of the molecule is CCCCCCC(C(=O)O)=C1OC(=O)c2ccccc21. The smallest absolute Gasteiger partial charge is 0.344 e. The maximum absolute atomic E-state index is 11.7. The van der Waals surface area contributed by atoms with Crippen LogP contribution in [0, 0.1) is 0 Å². The fourth-order valence-electron chi connectivity index (χ4n) is 2.33. The molecule has 0 unspecified atom stereocenters. The summed E-state index contributed by atoms with van der Waals surface area (Å²) in [5.74, 6) is -1.27. The van der Waals surface area contributed by atoms with Crippen LogP contribution in [0.1, 0.15) is 54.9 Å². The highest BCUT2D eigenvalue weighted by Crippen LogP contribution is 2.33. The van der Waals surface area contributed by atoms with Gasteiger partial charge in [-0.2, -0.15) is 0 Å². The minimum absolute atomic E-state index is 0.194. The number of hydrogen-bond donors (Lipinski definition) is 1. The zero-order valence-electron chi connectivity index (χ0n) is 11.5. The van der Waals surface area contributed by atoms with Crippen LogP contribution >= 0.6 is 0 Å². The number of ether oxygens (including phenoxy) is 1. The number of carboxylic acids is 1. The zero-order chi connectivity index (χ0) is 14.5. The summed E-state index contributed by atoms with van der Waals surface area (Å²) in [6, 6.07) is 6.90. The Hall–Kier alpha value is -2.10. The van der Waals surface area contributed by atoms with Crippen molar-refractivity contribution in [3.8, 4) is 0 Å². The van der Waals surface area contributed by atoms with Gasteiger partial charge in [0.25, 0.3) is 0 Å². The lowest BCUT2D eigenvalue weighted by atomic mass is 10.0. The Balaban J connectivity index is 2.28. The molecule has 0 radical (unpaired) electrons. The molecule has 4 heteroatoms. The molecule has 0 saturated carbocycles. The van der Waals surface area contributed by atoms with E-state index in [1.165, 1.54) is 0 Å². The Bertz CT molecular complexity index is 557. The molecular formula is C16H18O4. The molecule has 1 N–H and O–H groups in total. The molecule has 1 aromatic rings. The van der Waals surface area contributed by atoms with Crippen LogP contribution in [0.4, 0.5) is 0 Å². The Morgan fingerprint density at radius 3 is 2.50 bits per heavy atom. The van der Waals surface area contributed by atoms with E-state index in [2.05, 4.69) is 6.92 Å². The van der Waals surface area contributed by atoms with E-state index >= 15 is 0 Å². The number of carbonyl (C=O) groups is 2. The zero-order valence-corrected chi connectivity index (χ0v) is 11.5. The summed E-state index contributed by atoms with van der Waals surface area (Å²) < 4.78 is 5.17. The average Bonchev–Trinajstić information content (AvgIpc) is 2.76. The van der Waals surface area contributed by atoms with Crippen molar-refractivity contribution in [1.82, 2.24) is 0 Å². The van der Waals surface area contributed by atoms with E-state index in [0.717, 1.165) is 25.7 Å². The van der Waals surface area contributed by atoms with Crippen molar-refractivity contribution in [2.24, 2.45) is 0 Å². The molecule has 20 heavy (non-hydrogen) atoms. The average molecular weight is 274 g/mol. The van der Waals surface area contributed by atoms with Gasteiger partial charge in [-0.05, 0) is 18.9 Å². The van der Waals surface area contributed by atoms with E-state index < -0.39 is 11.9 Å². The van der Waals surface area contributed by atoms with Crippen LogP contribution in [-0.2, 0) is 9.53 Å². The molecule has 0 atom stereocenters. The van der Waals surface area contributed by atoms with Gasteiger partial charge in [0.2, 0.25) is 0 Å². The molecule has 1 heterocycles. The highest BCUT2D eigenvalue weighted by Gasteiger charge is 2.30. The number of aliphatic carboxylic acids is 1. The summed E-state index contributed by atoms with van der Waals surface area (Å²) in [7, 11) is 0. The summed E-state index contributed by atoms with van der Waals surface area (Å²) in [5, 5.41) is 9.35. The summed E-state index contributed by atoms with van der Waals surface area (Å²) in [6.45, 7) is 2.10. The summed E-state index contributed by atoms with van der Waals surface area (Å²) in [4.78, 5) is 23.1. The molecule has 1 aromatic carbocycles. The van der Waals surface area contributed by atoms with Crippen LogP contribution < -0.4 is 0 Å². The van der Waals surface area contributed by atoms with Crippen molar-refractivity contribution in [1.29, 1.82) is 0 Å². The number of carbonyl (C=O) groups excluding carboxylic acids is 1. The van der Waals surface area contributed by atoms with Crippen molar-refractivity contribution in [3.63, 3.8) is 0 Å². The highest BCUT2D eigenvalue weighted by molar-refractivity contribution is 6.07. The Labute approximate surface area is 118 Å². The first-order chi connectivity index (χ1) is 9.65. The normalized spacial score (nSPS) is 15.8. The predicted molar refractivity (Wildman–Crippen MR) is 75.2 cm³/mol. The molecule has 1 aliphatic heterocycles. The second-order valence-electron chi connectivity index (χ2n) is 4.86. The van der Waals surface area contributed by atoms with Crippen LogP contribution in [0.25, 0.3) is 5.76 Å². The van der Waals surface area contributed by atoms with Gasteiger partial charge in [-0.3, -0.25) is 0 Å². The van der Waals surface area contributed by atoms with E-state index in [9.17, 15) is 14.7 Å². The predicted octanol–water partition coefficient (Wildman–Crippen LogP) is 3.62. The van der Waals surface area contributed by atoms with Gasteiger partial charge in [-0.25, -0.2) is 9.59 Å². The first kappa shape index (κ1) is 14.3. The summed E-state index contributed by atoms with van der Waals surface area (Å²) in [6.07, 6.45) is 4.37. The standard InChI is InChI=1S/C16H18O4/c1-2-3-4-5-10-13(15(17)18)14-11-8-6-7-9-12(11)16(19)20-14/h6-9H,2-5,10H2,1H3,(H,17,18). The number of fused-ring (bicyclic) bond motifs is 1. The summed E-state index contributed by atoms with van der Waals surface area (Å²) >= 11 is 0. The van der Waals surface area contributed by atoms with E-state index in [1.54, 1.807) is 24.3 Å². The topological polar surface area (TPSA) is 63.6 Å². The van der Waals surface area contributed by atoms with Crippen LogP contribution in [0.5, 0.6) is 0 Å². The summed E-state index contributed by atoms with van der Waals surface area (Å²) in [5.41, 5.74) is 1.22. The molecule has 1 aliphatic rings. The number of unbranched alkanes of at least 4 members (excludes halogenated alkanes) is 3. The van der Waals surface area contributed by atoms with E-state index in [1.807, 2.05) is 0 Å². The van der Waals surface area contributed by atoms with Crippen molar-refractivity contribution >= 4 is 17.7 Å². The van der Waals surface area contributed by atoms with Gasteiger partial charge < -0.3 is 9.84 Å². The minimum Gasteiger partial charge on any atom is -0.478 e. The van der Waals surface area contributed by atoms with Crippen molar-refractivity contribution in [3.05, 3.63) is 41.0 Å². The fraction of sp³-hybridized carbons (Fsp3) is 0.375. The maximum Gasteiger partial charge on any atom is 0.344 e. The monoisotopic (exact) mass is 274 g/mol. The lowest BCUT2D eigenvalue weighted by Gasteiger charge is -2.06. The van der Waals surface area contributed by atoms with Crippen LogP contribution in [-0.4, -0.2) is 17.0 Å². The van der Waals surface area contributed by atoms with Gasteiger partial charge in [0.1, 0.15) is 5.76 Å². The molecule has 0 bridgehead atoms. The Morgan fingerprint density at radius 1 is 1.15 bits per heavy atom. The first-order valence-electron chi connectivity index (χ1n) is 6.93. The van der Waals surface area contributed by atoms with Crippen molar-refractivity contribution in [2.45, 2.75) is 39.0 Å². The van der Waals surface area contributed by atoms with Gasteiger partial charge in [-0.15, -0.1) is 0 Å². The number of rotatable bonds is 6. The van der Waals surface area contributed by atoms with E-state index in [0.29, 0.717) is 17.5 Å². The molecule has 0 fully saturated rings. The van der Waals surface area contributed by atoms with Gasteiger partial charge in [0.15, 0.2) is 0 Å². The molecule has 0 saturated heterocycles. The van der Waals surface area contributed by atoms with Gasteiger partial charge in [0.05, 0.1) is 11.1 Å². The number of hydrogen-bond acceptors (Lipinski definition) is 3. The van der Waals surface area contributed by atoms with Crippen LogP contribution in [0.3, 0.4) is 0 Å². The Morgan fingerprint density at radius 2 is 1.85 bits per heavy atom. The largest absolute Gasteiger partial charge is 0.478 e. The third-order valence-electron chi connectivity index (χ3n) is 3.40. The number of cyclic esters (lactones) is 1. The molecule has 0 spiro atoms. The fourth-order valence-corrected chi connectivity index (χ4v) is 2.33. The minimum atomic E-state index is -1.01.